The third-order valence-corrected chi connectivity index (χ3v) is 5.11. The van der Waals surface area contributed by atoms with Crippen molar-refractivity contribution in [2.75, 3.05) is 13.1 Å². The highest BCUT2D eigenvalue weighted by Gasteiger charge is 2.38. The van der Waals surface area contributed by atoms with E-state index in [0.717, 1.165) is 6.42 Å². The first-order valence-corrected chi connectivity index (χ1v) is 9.40. The molecule has 146 valence electrons. The van der Waals surface area contributed by atoms with Gasteiger partial charge in [-0.25, -0.2) is 4.39 Å². The molecule has 1 aromatic carbocycles. The van der Waals surface area contributed by atoms with Gasteiger partial charge in [0.1, 0.15) is 5.54 Å². The molecule has 0 radical (unpaired) electrons. The molecule has 1 heterocycles. The molecule has 27 heavy (non-hydrogen) atoms. The maximum atomic E-state index is 14.1. The van der Waals surface area contributed by atoms with E-state index in [1.165, 1.54) is 18.2 Å². The quantitative estimate of drug-likeness (QED) is 0.842. The van der Waals surface area contributed by atoms with E-state index in [1.54, 1.807) is 4.90 Å². The molecule has 2 amide bonds. The van der Waals surface area contributed by atoms with Crippen LogP contribution in [0.15, 0.2) is 18.2 Å². The Morgan fingerprint density at radius 2 is 1.96 bits per heavy atom. The summed E-state index contributed by atoms with van der Waals surface area (Å²) >= 11 is 5.72. The number of carbonyl (C=O) groups is 2. The predicted molar refractivity (Wildman–Crippen MR) is 102 cm³/mol. The number of likely N-dealkylation sites (tertiary alicyclic amines) is 1. The summed E-state index contributed by atoms with van der Waals surface area (Å²) in [6.07, 6.45) is 1.86. The predicted octanol–water partition coefficient (Wildman–Crippen LogP) is 3.92. The van der Waals surface area contributed by atoms with Crippen molar-refractivity contribution < 1.29 is 14.0 Å². The van der Waals surface area contributed by atoms with Crippen molar-refractivity contribution in [1.29, 1.82) is 5.26 Å². The maximum Gasteiger partial charge on any atom is 0.255 e. The zero-order valence-corrected chi connectivity index (χ0v) is 16.7. The van der Waals surface area contributed by atoms with Crippen LogP contribution in [0.1, 0.15) is 56.8 Å². The van der Waals surface area contributed by atoms with E-state index in [2.05, 4.69) is 32.2 Å². The normalized spacial score (nSPS) is 16.5. The van der Waals surface area contributed by atoms with Crippen molar-refractivity contribution in [2.24, 2.45) is 5.41 Å². The van der Waals surface area contributed by atoms with Gasteiger partial charge in [0.05, 0.1) is 16.7 Å². The highest BCUT2D eigenvalue weighted by atomic mass is 35.5. The second-order valence-electron chi connectivity index (χ2n) is 8.19. The van der Waals surface area contributed by atoms with Crippen LogP contribution >= 0.6 is 11.6 Å². The SMILES string of the molecule is CC(C)(C)CCC(=O)N1CCC(C#N)(NC(=O)c2cccc(Cl)c2F)CC1. The minimum atomic E-state index is -1.12. The Morgan fingerprint density at radius 1 is 1.33 bits per heavy atom. The Bertz CT molecular complexity index is 759. The zero-order valence-electron chi connectivity index (χ0n) is 15.9. The zero-order chi connectivity index (χ0) is 20.2. The van der Waals surface area contributed by atoms with E-state index >= 15 is 0 Å². The summed E-state index contributed by atoms with van der Waals surface area (Å²) in [6, 6.07) is 6.31. The molecule has 0 aromatic heterocycles. The molecule has 5 nitrogen and oxygen atoms in total. The van der Waals surface area contributed by atoms with Crippen molar-refractivity contribution in [3.05, 3.63) is 34.6 Å². The molecule has 0 aliphatic carbocycles. The topological polar surface area (TPSA) is 73.2 Å². The van der Waals surface area contributed by atoms with E-state index < -0.39 is 17.3 Å². The lowest BCUT2D eigenvalue weighted by molar-refractivity contribution is -0.133. The lowest BCUT2D eigenvalue weighted by Crippen LogP contribution is -2.55. The van der Waals surface area contributed by atoms with Crippen molar-refractivity contribution in [3.8, 4) is 6.07 Å². The van der Waals surface area contributed by atoms with Gasteiger partial charge in [0.15, 0.2) is 5.82 Å². The molecule has 1 aliphatic rings. The maximum absolute atomic E-state index is 14.1. The molecular weight excluding hydrogens is 369 g/mol. The van der Waals surface area contributed by atoms with Crippen LogP contribution in [0.2, 0.25) is 5.02 Å². The fourth-order valence-corrected chi connectivity index (χ4v) is 3.18. The second-order valence-corrected chi connectivity index (χ2v) is 8.60. The summed E-state index contributed by atoms with van der Waals surface area (Å²) in [5.74, 6) is -1.42. The van der Waals surface area contributed by atoms with Crippen LogP contribution in [0.5, 0.6) is 0 Å². The number of piperidine rings is 1. The Labute approximate surface area is 164 Å². The number of amides is 2. The van der Waals surface area contributed by atoms with Crippen LogP contribution in [0.3, 0.4) is 0 Å². The van der Waals surface area contributed by atoms with E-state index in [9.17, 15) is 19.2 Å². The molecule has 0 saturated carbocycles. The first-order chi connectivity index (χ1) is 12.6. The van der Waals surface area contributed by atoms with Crippen LogP contribution < -0.4 is 5.32 Å². The molecule has 0 atom stereocenters. The molecule has 1 fully saturated rings. The smallest absolute Gasteiger partial charge is 0.255 e. The monoisotopic (exact) mass is 393 g/mol. The largest absolute Gasteiger partial charge is 0.342 e. The van der Waals surface area contributed by atoms with Gasteiger partial charge in [-0.15, -0.1) is 0 Å². The second kappa shape index (κ2) is 8.26. The third kappa shape index (κ3) is 5.43. The van der Waals surface area contributed by atoms with Gasteiger partial charge >= 0.3 is 0 Å². The lowest BCUT2D eigenvalue weighted by Gasteiger charge is -2.38. The van der Waals surface area contributed by atoms with Crippen molar-refractivity contribution in [2.45, 2.75) is 52.0 Å². The molecule has 2 rings (SSSR count). The number of nitrogens with one attached hydrogen (secondary N) is 1. The minimum absolute atomic E-state index is 0.0590. The number of benzene rings is 1. The molecule has 0 bridgehead atoms. The van der Waals surface area contributed by atoms with Gasteiger partial charge < -0.3 is 10.2 Å². The first kappa shape index (κ1) is 21.2. The van der Waals surface area contributed by atoms with Crippen molar-refractivity contribution >= 4 is 23.4 Å². The standard InChI is InChI=1S/C20H25ClFN3O2/c1-19(2,3)8-7-16(26)25-11-9-20(13-23,10-12-25)24-18(27)14-5-4-6-15(21)17(14)22/h4-6H,7-12H2,1-3H3,(H,24,27). The Hall–Kier alpha value is -2.13. The fraction of sp³-hybridized carbons (Fsp3) is 0.550. The summed E-state index contributed by atoms with van der Waals surface area (Å²) < 4.78 is 14.1. The summed E-state index contributed by atoms with van der Waals surface area (Å²) in [7, 11) is 0. The first-order valence-electron chi connectivity index (χ1n) is 9.02. The molecule has 0 spiro atoms. The number of halogens is 2. The van der Waals surface area contributed by atoms with Gasteiger partial charge in [-0.1, -0.05) is 38.4 Å². The number of hydrogen-bond donors (Lipinski definition) is 1. The number of nitriles is 1. The summed E-state index contributed by atoms with van der Waals surface area (Å²) in [4.78, 5) is 26.5. The molecule has 1 N–H and O–H groups in total. The van der Waals surface area contributed by atoms with Crippen molar-refractivity contribution in [1.82, 2.24) is 10.2 Å². The fourth-order valence-electron chi connectivity index (χ4n) is 3.01. The summed E-state index contributed by atoms with van der Waals surface area (Å²) in [6.45, 7) is 7.02. The van der Waals surface area contributed by atoms with Crippen LogP contribution in [0.4, 0.5) is 4.39 Å². The van der Waals surface area contributed by atoms with E-state index in [0.29, 0.717) is 32.4 Å². The van der Waals surface area contributed by atoms with Crippen LogP contribution in [-0.2, 0) is 4.79 Å². The Kier molecular flexibility index (Phi) is 6.48. The van der Waals surface area contributed by atoms with Gasteiger partial charge in [0.2, 0.25) is 5.91 Å². The average molecular weight is 394 g/mol. The van der Waals surface area contributed by atoms with Crippen LogP contribution in [0, 0.1) is 22.6 Å². The van der Waals surface area contributed by atoms with Gasteiger partial charge in [0, 0.05) is 32.4 Å². The summed E-state index contributed by atoms with van der Waals surface area (Å²) in [5, 5.41) is 12.1. The lowest BCUT2D eigenvalue weighted by atomic mass is 9.87. The van der Waals surface area contributed by atoms with Gasteiger partial charge in [-0.3, -0.25) is 9.59 Å². The molecule has 1 aliphatic heterocycles. The molecular formula is C20H25ClFN3O2. The van der Waals surface area contributed by atoms with Gasteiger partial charge in [-0.05, 0) is 24.0 Å². The molecule has 7 heteroatoms. The minimum Gasteiger partial charge on any atom is -0.342 e. The van der Waals surface area contributed by atoms with E-state index in [1.807, 2.05) is 0 Å². The number of hydrogen-bond acceptors (Lipinski definition) is 3. The number of nitrogens with zero attached hydrogens (tertiary/aromatic N) is 2. The van der Waals surface area contributed by atoms with E-state index in [4.69, 9.17) is 11.6 Å². The number of carbonyl (C=O) groups excluding carboxylic acids is 2. The van der Waals surface area contributed by atoms with E-state index in [-0.39, 0.29) is 21.9 Å². The molecule has 1 aromatic rings. The molecule has 1 saturated heterocycles. The van der Waals surface area contributed by atoms with Crippen molar-refractivity contribution in [3.63, 3.8) is 0 Å². The molecule has 0 unspecified atom stereocenters. The highest BCUT2D eigenvalue weighted by Crippen LogP contribution is 2.26. The Morgan fingerprint density at radius 3 is 2.52 bits per heavy atom. The third-order valence-electron chi connectivity index (χ3n) is 4.82. The average Bonchev–Trinajstić information content (AvgIpc) is 2.62. The van der Waals surface area contributed by atoms with Gasteiger partial charge in [0.25, 0.3) is 5.91 Å². The highest BCUT2D eigenvalue weighted by molar-refractivity contribution is 6.31. The van der Waals surface area contributed by atoms with Crippen LogP contribution in [-0.4, -0.2) is 35.3 Å². The summed E-state index contributed by atoms with van der Waals surface area (Å²) in [5.41, 5.74) is -1.23. The Balaban J connectivity index is 2.00. The number of rotatable bonds is 4. The van der Waals surface area contributed by atoms with Gasteiger partial charge in [-0.2, -0.15) is 5.26 Å². The van der Waals surface area contributed by atoms with Crippen LogP contribution in [0.25, 0.3) is 0 Å².